The predicted molar refractivity (Wildman–Crippen MR) is 106 cm³/mol. The van der Waals surface area contributed by atoms with E-state index in [4.69, 9.17) is 9.47 Å². The number of aromatic nitrogens is 1. The van der Waals surface area contributed by atoms with Gasteiger partial charge in [0.15, 0.2) is 11.5 Å². The second-order valence-electron chi connectivity index (χ2n) is 5.93. The van der Waals surface area contributed by atoms with Crippen LogP contribution < -0.4 is 14.8 Å². The molecule has 3 aromatic rings. The fourth-order valence-corrected chi connectivity index (χ4v) is 3.06. The van der Waals surface area contributed by atoms with Crippen LogP contribution in [-0.4, -0.2) is 12.1 Å². The molecule has 140 valence electrons. The highest BCUT2D eigenvalue weighted by molar-refractivity contribution is 9.10. The van der Waals surface area contributed by atoms with Crippen molar-refractivity contribution in [2.75, 3.05) is 7.11 Å². The van der Waals surface area contributed by atoms with Crippen LogP contribution in [0.2, 0.25) is 0 Å². The van der Waals surface area contributed by atoms with Gasteiger partial charge in [0.1, 0.15) is 12.4 Å². The lowest BCUT2D eigenvalue weighted by molar-refractivity contribution is 0.279. The summed E-state index contributed by atoms with van der Waals surface area (Å²) in [6, 6.07) is 14.3. The van der Waals surface area contributed by atoms with E-state index < -0.39 is 0 Å². The molecule has 0 aliphatic rings. The lowest BCUT2D eigenvalue weighted by atomic mass is 10.2. The van der Waals surface area contributed by atoms with Crippen molar-refractivity contribution in [3.05, 3.63) is 87.9 Å². The molecule has 0 aliphatic heterocycles. The highest BCUT2D eigenvalue weighted by atomic mass is 79.9. The first-order valence-electron chi connectivity index (χ1n) is 8.49. The number of benzene rings is 2. The summed E-state index contributed by atoms with van der Waals surface area (Å²) in [4.78, 5) is 4.01. The van der Waals surface area contributed by atoms with Gasteiger partial charge in [-0.05, 0) is 41.5 Å². The summed E-state index contributed by atoms with van der Waals surface area (Å²) in [6.07, 6.45) is 3.55. The van der Waals surface area contributed by atoms with Gasteiger partial charge in [-0.1, -0.05) is 34.1 Å². The van der Waals surface area contributed by atoms with Crippen LogP contribution in [0.5, 0.6) is 11.5 Å². The molecule has 2 aromatic carbocycles. The summed E-state index contributed by atoms with van der Waals surface area (Å²) < 4.78 is 25.9. The molecule has 0 unspecified atom stereocenters. The van der Waals surface area contributed by atoms with Gasteiger partial charge in [0, 0.05) is 35.5 Å². The van der Waals surface area contributed by atoms with Crippen molar-refractivity contribution in [2.45, 2.75) is 19.7 Å². The molecule has 0 amide bonds. The maximum atomic E-state index is 13.8. The van der Waals surface area contributed by atoms with Gasteiger partial charge in [-0.25, -0.2) is 4.39 Å². The fraction of sp³-hybridized carbons (Fsp3) is 0.190. The Morgan fingerprint density at radius 3 is 2.52 bits per heavy atom. The first-order chi connectivity index (χ1) is 13.2. The number of halogens is 2. The third-order valence-corrected chi connectivity index (χ3v) is 4.81. The van der Waals surface area contributed by atoms with E-state index in [1.54, 1.807) is 37.7 Å². The SMILES string of the molecule is COc1cc(CNCc2ccncc2)c(Br)cc1OCc1ccccc1F. The van der Waals surface area contributed by atoms with E-state index in [1.807, 2.05) is 24.3 Å². The van der Waals surface area contributed by atoms with Crippen LogP contribution in [0, 0.1) is 5.82 Å². The van der Waals surface area contributed by atoms with Crippen molar-refractivity contribution in [3.8, 4) is 11.5 Å². The van der Waals surface area contributed by atoms with E-state index in [9.17, 15) is 4.39 Å². The quantitative estimate of drug-likeness (QED) is 0.553. The molecule has 0 saturated heterocycles. The average Bonchev–Trinajstić information content (AvgIpc) is 2.69. The van der Waals surface area contributed by atoms with E-state index in [0.717, 1.165) is 22.1 Å². The number of hydrogen-bond donors (Lipinski definition) is 1. The Bertz CT molecular complexity index is 891. The van der Waals surface area contributed by atoms with Gasteiger partial charge in [0.05, 0.1) is 7.11 Å². The van der Waals surface area contributed by atoms with E-state index >= 15 is 0 Å². The number of methoxy groups -OCH3 is 1. The summed E-state index contributed by atoms with van der Waals surface area (Å²) in [6.45, 7) is 1.53. The van der Waals surface area contributed by atoms with Gasteiger partial charge in [-0.2, -0.15) is 0 Å². The lowest BCUT2D eigenvalue weighted by Crippen LogP contribution is -2.13. The number of hydrogen-bond acceptors (Lipinski definition) is 4. The molecule has 6 heteroatoms. The standard InChI is InChI=1S/C21H20BrFN2O2/c1-26-20-10-17(13-25-12-15-6-8-24-9-7-15)18(22)11-21(20)27-14-16-4-2-3-5-19(16)23/h2-11,25H,12-14H2,1H3. The van der Waals surface area contributed by atoms with Crippen molar-refractivity contribution in [1.29, 1.82) is 0 Å². The molecule has 1 N–H and O–H groups in total. The molecule has 0 spiro atoms. The number of nitrogens with one attached hydrogen (secondary N) is 1. The predicted octanol–water partition coefficient (Wildman–Crippen LogP) is 4.86. The Labute approximate surface area is 166 Å². The molecular formula is C21H20BrFN2O2. The van der Waals surface area contributed by atoms with E-state index in [-0.39, 0.29) is 12.4 Å². The molecule has 4 nitrogen and oxygen atoms in total. The molecule has 3 rings (SSSR count). The zero-order valence-electron chi connectivity index (χ0n) is 14.9. The highest BCUT2D eigenvalue weighted by Gasteiger charge is 2.11. The Morgan fingerprint density at radius 1 is 1.00 bits per heavy atom. The average molecular weight is 431 g/mol. The van der Waals surface area contributed by atoms with Crippen molar-refractivity contribution >= 4 is 15.9 Å². The third kappa shape index (κ3) is 5.28. The Hall–Kier alpha value is -2.44. The van der Waals surface area contributed by atoms with Crippen LogP contribution in [0.4, 0.5) is 4.39 Å². The van der Waals surface area contributed by atoms with Crippen molar-refractivity contribution in [1.82, 2.24) is 10.3 Å². The highest BCUT2D eigenvalue weighted by Crippen LogP contribution is 2.34. The van der Waals surface area contributed by atoms with Crippen molar-refractivity contribution in [3.63, 3.8) is 0 Å². The number of ether oxygens (including phenoxy) is 2. The normalized spacial score (nSPS) is 10.6. The smallest absolute Gasteiger partial charge is 0.162 e. The van der Waals surface area contributed by atoms with Gasteiger partial charge in [-0.3, -0.25) is 4.98 Å². The second-order valence-corrected chi connectivity index (χ2v) is 6.79. The van der Waals surface area contributed by atoms with Crippen LogP contribution in [0.3, 0.4) is 0 Å². The Kier molecular flexibility index (Phi) is 6.79. The molecule has 1 aromatic heterocycles. The number of pyridine rings is 1. The van der Waals surface area contributed by atoms with Gasteiger partial charge in [0.2, 0.25) is 0 Å². The molecule has 0 aliphatic carbocycles. The summed E-state index contributed by atoms with van der Waals surface area (Å²) >= 11 is 3.58. The Morgan fingerprint density at radius 2 is 1.78 bits per heavy atom. The molecule has 0 fully saturated rings. The minimum Gasteiger partial charge on any atom is -0.493 e. The third-order valence-electron chi connectivity index (χ3n) is 4.07. The monoisotopic (exact) mass is 430 g/mol. The largest absolute Gasteiger partial charge is 0.493 e. The molecule has 0 bridgehead atoms. The molecule has 0 radical (unpaired) electrons. The minimum absolute atomic E-state index is 0.134. The number of nitrogens with zero attached hydrogens (tertiary/aromatic N) is 1. The van der Waals surface area contributed by atoms with Gasteiger partial charge >= 0.3 is 0 Å². The molecular weight excluding hydrogens is 411 g/mol. The van der Waals surface area contributed by atoms with Crippen molar-refractivity contribution < 1.29 is 13.9 Å². The summed E-state index contributed by atoms with van der Waals surface area (Å²) in [7, 11) is 1.59. The zero-order valence-corrected chi connectivity index (χ0v) is 16.5. The van der Waals surface area contributed by atoms with E-state index in [1.165, 1.54) is 6.07 Å². The van der Waals surface area contributed by atoms with Crippen LogP contribution in [0.1, 0.15) is 16.7 Å². The summed E-state index contributed by atoms with van der Waals surface area (Å²) in [5, 5.41) is 3.39. The van der Waals surface area contributed by atoms with E-state index in [2.05, 4.69) is 26.2 Å². The van der Waals surface area contributed by atoms with E-state index in [0.29, 0.717) is 23.6 Å². The maximum Gasteiger partial charge on any atom is 0.162 e. The van der Waals surface area contributed by atoms with Gasteiger partial charge in [0.25, 0.3) is 0 Å². The summed E-state index contributed by atoms with van der Waals surface area (Å²) in [5.74, 6) is 0.883. The van der Waals surface area contributed by atoms with Crippen molar-refractivity contribution in [2.24, 2.45) is 0 Å². The molecule has 27 heavy (non-hydrogen) atoms. The van der Waals surface area contributed by atoms with Crippen LogP contribution in [0.15, 0.2) is 65.4 Å². The molecule has 0 atom stereocenters. The van der Waals surface area contributed by atoms with Gasteiger partial charge < -0.3 is 14.8 Å². The maximum absolute atomic E-state index is 13.8. The lowest BCUT2D eigenvalue weighted by Gasteiger charge is -2.15. The molecule has 0 saturated carbocycles. The Balaban J connectivity index is 1.66. The van der Waals surface area contributed by atoms with Crippen LogP contribution in [-0.2, 0) is 19.7 Å². The fourth-order valence-electron chi connectivity index (χ4n) is 2.60. The second kappa shape index (κ2) is 9.48. The molecule has 1 heterocycles. The first-order valence-corrected chi connectivity index (χ1v) is 9.29. The summed E-state index contributed by atoms with van der Waals surface area (Å²) in [5.41, 5.74) is 2.70. The van der Waals surface area contributed by atoms with Crippen LogP contribution >= 0.6 is 15.9 Å². The first kappa shape index (κ1) is 19.3. The zero-order chi connectivity index (χ0) is 19.1. The van der Waals surface area contributed by atoms with Crippen LogP contribution in [0.25, 0.3) is 0 Å². The van der Waals surface area contributed by atoms with Gasteiger partial charge in [-0.15, -0.1) is 0 Å². The topological polar surface area (TPSA) is 43.4 Å². The number of rotatable bonds is 8. The minimum atomic E-state index is -0.285.